The average Bonchev–Trinajstić information content (AvgIpc) is 3.22. The summed E-state index contributed by atoms with van der Waals surface area (Å²) in [6.07, 6.45) is 7.11. The number of aromatic nitrogens is 1. The van der Waals surface area contributed by atoms with Crippen LogP contribution in [0.2, 0.25) is 0 Å². The molecule has 0 spiro atoms. The van der Waals surface area contributed by atoms with E-state index in [0.717, 1.165) is 12.8 Å². The van der Waals surface area contributed by atoms with Gasteiger partial charge in [-0.05, 0) is 30.5 Å². The highest BCUT2D eigenvalue weighted by Crippen LogP contribution is 2.14. The van der Waals surface area contributed by atoms with Crippen molar-refractivity contribution in [3.63, 3.8) is 0 Å². The summed E-state index contributed by atoms with van der Waals surface area (Å²) >= 11 is 0. The standard InChI is InChI=1S/C22H30N2O5/c1-4-5-6-7-8-17-9-11-18(12-10-17)21(25)24(13-14-27-2)15-20-23-19(16-29-20)22(26)28-3/h9-12,16H,4-8,13-15H2,1-3H3. The number of ether oxygens (including phenoxy) is 2. The van der Waals surface area contributed by atoms with E-state index in [1.54, 1.807) is 12.0 Å². The second-order valence-corrected chi connectivity index (χ2v) is 6.85. The first-order valence-electron chi connectivity index (χ1n) is 9.98. The number of carbonyl (C=O) groups is 2. The third-order valence-corrected chi connectivity index (χ3v) is 4.64. The van der Waals surface area contributed by atoms with E-state index in [1.807, 2.05) is 24.3 Å². The molecule has 0 radical (unpaired) electrons. The van der Waals surface area contributed by atoms with Crippen molar-refractivity contribution in [1.82, 2.24) is 9.88 Å². The van der Waals surface area contributed by atoms with Crippen LogP contribution in [0.1, 0.15) is 64.9 Å². The first-order valence-corrected chi connectivity index (χ1v) is 9.98. The van der Waals surface area contributed by atoms with Crippen LogP contribution in [0, 0.1) is 0 Å². The molecule has 0 fully saturated rings. The number of benzene rings is 1. The van der Waals surface area contributed by atoms with Gasteiger partial charge in [-0.1, -0.05) is 38.3 Å². The quantitative estimate of drug-likeness (QED) is 0.396. The SMILES string of the molecule is CCCCCCc1ccc(C(=O)N(CCOC)Cc2nc(C(=O)OC)co2)cc1. The van der Waals surface area contributed by atoms with Crippen LogP contribution in [0.25, 0.3) is 0 Å². The maximum Gasteiger partial charge on any atom is 0.360 e. The molecule has 29 heavy (non-hydrogen) atoms. The second-order valence-electron chi connectivity index (χ2n) is 6.85. The van der Waals surface area contributed by atoms with E-state index < -0.39 is 5.97 Å². The zero-order valence-corrected chi connectivity index (χ0v) is 17.5. The summed E-state index contributed by atoms with van der Waals surface area (Å²) in [5, 5.41) is 0. The Morgan fingerprint density at radius 1 is 1.10 bits per heavy atom. The molecule has 7 heteroatoms. The van der Waals surface area contributed by atoms with Crippen LogP contribution < -0.4 is 0 Å². The zero-order chi connectivity index (χ0) is 21.1. The van der Waals surface area contributed by atoms with E-state index in [-0.39, 0.29) is 24.0 Å². The Morgan fingerprint density at radius 2 is 1.86 bits per heavy atom. The van der Waals surface area contributed by atoms with E-state index in [1.165, 1.54) is 38.2 Å². The van der Waals surface area contributed by atoms with Crippen molar-refractivity contribution in [2.24, 2.45) is 0 Å². The number of aryl methyl sites for hydroxylation is 1. The molecular formula is C22H30N2O5. The molecule has 7 nitrogen and oxygen atoms in total. The van der Waals surface area contributed by atoms with Crippen LogP contribution in [0.4, 0.5) is 0 Å². The number of unbranched alkanes of at least 4 members (excludes halogenated alkanes) is 3. The average molecular weight is 402 g/mol. The largest absolute Gasteiger partial charge is 0.464 e. The molecule has 0 unspecified atom stereocenters. The highest BCUT2D eigenvalue weighted by molar-refractivity contribution is 5.94. The third kappa shape index (κ3) is 7.02. The minimum atomic E-state index is -0.579. The van der Waals surface area contributed by atoms with Crippen LogP contribution in [-0.4, -0.2) is 49.1 Å². The van der Waals surface area contributed by atoms with Crippen molar-refractivity contribution >= 4 is 11.9 Å². The molecule has 0 aliphatic rings. The maximum atomic E-state index is 13.0. The Morgan fingerprint density at radius 3 is 2.52 bits per heavy atom. The van der Waals surface area contributed by atoms with Gasteiger partial charge < -0.3 is 18.8 Å². The molecule has 0 saturated carbocycles. The summed E-state index contributed by atoms with van der Waals surface area (Å²) in [6, 6.07) is 7.72. The number of esters is 1. The fourth-order valence-corrected chi connectivity index (χ4v) is 2.95. The van der Waals surface area contributed by atoms with Gasteiger partial charge in [0, 0.05) is 19.2 Å². The Balaban J connectivity index is 2.03. The molecule has 0 N–H and O–H groups in total. The first kappa shape index (κ1) is 22.6. The smallest absolute Gasteiger partial charge is 0.360 e. The fraction of sp³-hybridized carbons (Fsp3) is 0.500. The number of oxazole rings is 1. The summed E-state index contributed by atoms with van der Waals surface area (Å²) in [5.74, 6) is -0.455. The number of nitrogens with zero attached hydrogens (tertiary/aromatic N) is 2. The Labute approximate surface area is 172 Å². The summed E-state index contributed by atoms with van der Waals surface area (Å²) in [4.78, 5) is 30.2. The molecule has 158 valence electrons. The minimum Gasteiger partial charge on any atom is -0.464 e. The first-order chi connectivity index (χ1) is 14.1. The van der Waals surface area contributed by atoms with Crippen molar-refractivity contribution in [3.8, 4) is 0 Å². The molecule has 0 aliphatic carbocycles. The molecule has 2 aromatic rings. The van der Waals surface area contributed by atoms with Gasteiger partial charge >= 0.3 is 5.97 Å². The molecule has 1 heterocycles. The Bertz CT molecular complexity index is 770. The van der Waals surface area contributed by atoms with Gasteiger partial charge in [-0.15, -0.1) is 0 Å². The highest BCUT2D eigenvalue weighted by atomic mass is 16.5. The summed E-state index contributed by atoms with van der Waals surface area (Å²) < 4.78 is 15.1. The minimum absolute atomic E-state index is 0.0778. The third-order valence-electron chi connectivity index (χ3n) is 4.64. The van der Waals surface area contributed by atoms with Gasteiger partial charge in [0.1, 0.15) is 6.26 Å². The van der Waals surface area contributed by atoms with Crippen LogP contribution in [0.3, 0.4) is 0 Å². The van der Waals surface area contributed by atoms with Crippen molar-refractivity contribution in [3.05, 3.63) is 53.2 Å². The van der Waals surface area contributed by atoms with Crippen molar-refractivity contribution in [2.75, 3.05) is 27.4 Å². The second kappa shape index (κ2) is 12.0. The molecule has 0 atom stereocenters. The van der Waals surface area contributed by atoms with Crippen molar-refractivity contribution in [1.29, 1.82) is 0 Å². The van der Waals surface area contributed by atoms with E-state index in [4.69, 9.17) is 9.15 Å². The Kier molecular flexibility index (Phi) is 9.37. The van der Waals surface area contributed by atoms with Crippen LogP contribution in [0.15, 0.2) is 34.9 Å². The van der Waals surface area contributed by atoms with Crippen molar-refractivity contribution in [2.45, 2.75) is 45.6 Å². The lowest BCUT2D eigenvalue weighted by molar-refractivity contribution is 0.0594. The number of hydrogen-bond acceptors (Lipinski definition) is 6. The molecular weight excluding hydrogens is 372 g/mol. The number of rotatable bonds is 12. The molecule has 1 aromatic heterocycles. The molecule has 1 aromatic carbocycles. The molecule has 1 amide bonds. The van der Waals surface area contributed by atoms with Crippen molar-refractivity contribution < 1.29 is 23.5 Å². The van der Waals surface area contributed by atoms with E-state index in [0.29, 0.717) is 18.7 Å². The van der Waals surface area contributed by atoms with Gasteiger partial charge in [0.15, 0.2) is 5.69 Å². The number of amides is 1. The monoisotopic (exact) mass is 402 g/mol. The Hall–Kier alpha value is -2.67. The van der Waals surface area contributed by atoms with Gasteiger partial charge in [0.2, 0.25) is 5.89 Å². The zero-order valence-electron chi connectivity index (χ0n) is 17.5. The predicted molar refractivity (Wildman–Crippen MR) is 109 cm³/mol. The highest BCUT2D eigenvalue weighted by Gasteiger charge is 2.20. The van der Waals surface area contributed by atoms with Gasteiger partial charge in [-0.25, -0.2) is 9.78 Å². The number of methoxy groups -OCH3 is 2. The number of carbonyl (C=O) groups excluding carboxylic acids is 2. The molecule has 0 saturated heterocycles. The fourth-order valence-electron chi connectivity index (χ4n) is 2.95. The lowest BCUT2D eigenvalue weighted by Crippen LogP contribution is -2.33. The lowest BCUT2D eigenvalue weighted by Gasteiger charge is -2.21. The summed E-state index contributed by atoms with van der Waals surface area (Å²) in [5.41, 5.74) is 1.91. The van der Waals surface area contributed by atoms with Gasteiger partial charge in [0.05, 0.1) is 20.3 Å². The molecule has 0 aliphatic heterocycles. The lowest BCUT2D eigenvalue weighted by atomic mass is 10.0. The topological polar surface area (TPSA) is 81.9 Å². The van der Waals surface area contributed by atoms with E-state index in [2.05, 4.69) is 16.6 Å². The normalized spacial score (nSPS) is 10.7. The van der Waals surface area contributed by atoms with Gasteiger partial charge in [-0.2, -0.15) is 0 Å². The van der Waals surface area contributed by atoms with Gasteiger partial charge in [0.25, 0.3) is 5.91 Å². The predicted octanol–water partition coefficient (Wildman–Crippen LogP) is 3.87. The number of hydrogen-bond donors (Lipinski definition) is 0. The van der Waals surface area contributed by atoms with Crippen LogP contribution >= 0.6 is 0 Å². The molecule has 2 rings (SSSR count). The van der Waals surface area contributed by atoms with E-state index >= 15 is 0 Å². The maximum absolute atomic E-state index is 13.0. The van der Waals surface area contributed by atoms with Gasteiger partial charge in [-0.3, -0.25) is 4.79 Å². The summed E-state index contributed by atoms with van der Waals surface area (Å²) in [7, 11) is 2.86. The summed E-state index contributed by atoms with van der Waals surface area (Å²) in [6.45, 7) is 3.10. The van der Waals surface area contributed by atoms with E-state index in [9.17, 15) is 9.59 Å². The molecule has 0 bridgehead atoms. The van der Waals surface area contributed by atoms with Crippen LogP contribution in [0.5, 0.6) is 0 Å². The van der Waals surface area contributed by atoms with Crippen LogP contribution in [-0.2, 0) is 22.4 Å².